The Labute approximate surface area is 119 Å². The van der Waals surface area contributed by atoms with Crippen LogP contribution < -0.4 is 5.32 Å². The molecular weight excluding hydrogens is 270 g/mol. The summed E-state index contributed by atoms with van der Waals surface area (Å²) in [5, 5.41) is 10.9. The van der Waals surface area contributed by atoms with Gasteiger partial charge >= 0.3 is 5.97 Å². The van der Waals surface area contributed by atoms with Crippen LogP contribution in [0.25, 0.3) is 22.1 Å². The van der Waals surface area contributed by atoms with Crippen LogP contribution in [0.3, 0.4) is 0 Å². The number of para-hydroxylation sites is 2. The zero-order valence-electron chi connectivity index (χ0n) is 10.9. The van der Waals surface area contributed by atoms with Crippen LogP contribution >= 0.6 is 0 Å². The van der Waals surface area contributed by atoms with Gasteiger partial charge in [-0.05, 0) is 30.3 Å². The van der Waals surface area contributed by atoms with E-state index in [9.17, 15) is 9.59 Å². The van der Waals surface area contributed by atoms with Gasteiger partial charge in [-0.15, -0.1) is 0 Å². The normalized spacial score (nSPS) is 10.7. The molecule has 0 aliphatic rings. The number of nitrogens with zero attached hydrogens (tertiary/aromatic N) is 2. The SMILES string of the molecule is O=C(O)CNC(=O)c1ccc2nc3ccccc3nc2c1. The Kier molecular flexibility index (Phi) is 3.19. The maximum atomic E-state index is 11.8. The van der Waals surface area contributed by atoms with Crippen LogP contribution in [0.15, 0.2) is 42.5 Å². The van der Waals surface area contributed by atoms with E-state index in [1.807, 2.05) is 24.3 Å². The standard InChI is InChI=1S/C15H11N3O3/c19-14(20)8-16-15(21)9-5-6-12-13(7-9)18-11-4-2-1-3-10(11)17-12/h1-7H,8H2,(H,16,21)(H,19,20). The molecule has 0 unspecified atom stereocenters. The second-order valence-corrected chi connectivity index (χ2v) is 4.49. The van der Waals surface area contributed by atoms with Gasteiger partial charge in [0.05, 0.1) is 22.1 Å². The molecular formula is C15H11N3O3. The Morgan fingerprint density at radius 3 is 2.24 bits per heavy atom. The van der Waals surface area contributed by atoms with E-state index in [2.05, 4.69) is 15.3 Å². The second-order valence-electron chi connectivity index (χ2n) is 4.49. The molecule has 0 fully saturated rings. The van der Waals surface area contributed by atoms with Gasteiger partial charge in [0.25, 0.3) is 5.91 Å². The summed E-state index contributed by atoms with van der Waals surface area (Å²) in [6, 6.07) is 12.4. The van der Waals surface area contributed by atoms with E-state index in [4.69, 9.17) is 5.11 Å². The van der Waals surface area contributed by atoms with Gasteiger partial charge in [-0.2, -0.15) is 0 Å². The Bertz CT molecular complexity index is 861. The fourth-order valence-electron chi connectivity index (χ4n) is 2.02. The quantitative estimate of drug-likeness (QED) is 0.711. The minimum Gasteiger partial charge on any atom is -0.480 e. The molecule has 6 nitrogen and oxygen atoms in total. The molecule has 0 bridgehead atoms. The van der Waals surface area contributed by atoms with E-state index in [1.165, 1.54) is 0 Å². The molecule has 21 heavy (non-hydrogen) atoms. The number of carbonyl (C=O) groups excluding carboxylic acids is 1. The summed E-state index contributed by atoms with van der Waals surface area (Å²) in [7, 11) is 0. The molecule has 104 valence electrons. The van der Waals surface area contributed by atoms with Gasteiger partial charge in [0.1, 0.15) is 6.54 Å². The molecule has 0 spiro atoms. The number of carbonyl (C=O) groups is 2. The van der Waals surface area contributed by atoms with Gasteiger partial charge in [-0.1, -0.05) is 12.1 Å². The molecule has 1 aromatic heterocycles. The van der Waals surface area contributed by atoms with Crippen molar-refractivity contribution in [3.05, 3.63) is 48.0 Å². The highest BCUT2D eigenvalue weighted by molar-refractivity contribution is 5.99. The zero-order valence-corrected chi connectivity index (χ0v) is 10.9. The first-order valence-electron chi connectivity index (χ1n) is 6.30. The maximum Gasteiger partial charge on any atom is 0.322 e. The van der Waals surface area contributed by atoms with Crippen LogP contribution in [0.1, 0.15) is 10.4 Å². The monoisotopic (exact) mass is 281 g/mol. The molecule has 0 radical (unpaired) electrons. The number of fused-ring (bicyclic) bond motifs is 2. The molecule has 2 N–H and O–H groups in total. The lowest BCUT2D eigenvalue weighted by Gasteiger charge is -2.04. The molecule has 0 atom stereocenters. The first-order chi connectivity index (χ1) is 10.1. The summed E-state index contributed by atoms with van der Waals surface area (Å²) in [5.74, 6) is -1.54. The van der Waals surface area contributed by atoms with E-state index in [0.29, 0.717) is 16.6 Å². The van der Waals surface area contributed by atoms with Crippen molar-refractivity contribution in [2.45, 2.75) is 0 Å². The summed E-state index contributed by atoms with van der Waals surface area (Å²) in [6.07, 6.45) is 0. The Balaban J connectivity index is 2.01. The lowest BCUT2D eigenvalue weighted by Crippen LogP contribution is -2.29. The minimum atomic E-state index is -1.09. The number of benzene rings is 2. The van der Waals surface area contributed by atoms with Crippen LogP contribution in [0.4, 0.5) is 0 Å². The van der Waals surface area contributed by atoms with Crippen molar-refractivity contribution in [1.29, 1.82) is 0 Å². The van der Waals surface area contributed by atoms with Crippen molar-refractivity contribution >= 4 is 33.9 Å². The average molecular weight is 281 g/mol. The van der Waals surface area contributed by atoms with Crippen LogP contribution in [-0.4, -0.2) is 33.5 Å². The van der Waals surface area contributed by atoms with E-state index < -0.39 is 18.4 Å². The molecule has 3 rings (SSSR count). The second kappa shape index (κ2) is 5.16. The number of carboxylic acids is 1. The van der Waals surface area contributed by atoms with Gasteiger partial charge < -0.3 is 10.4 Å². The summed E-state index contributed by atoms with van der Waals surface area (Å²) in [6.45, 7) is -0.416. The number of hydrogen-bond donors (Lipinski definition) is 2. The van der Waals surface area contributed by atoms with Crippen molar-refractivity contribution in [2.75, 3.05) is 6.54 Å². The summed E-state index contributed by atoms with van der Waals surface area (Å²) < 4.78 is 0. The van der Waals surface area contributed by atoms with E-state index >= 15 is 0 Å². The fraction of sp³-hybridized carbons (Fsp3) is 0.0667. The Morgan fingerprint density at radius 2 is 1.57 bits per heavy atom. The fourth-order valence-corrected chi connectivity index (χ4v) is 2.02. The third kappa shape index (κ3) is 2.64. The van der Waals surface area contributed by atoms with Gasteiger partial charge in [0, 0.05) is 5.56 Å². The highest BCUT2D eigenvalue weighted by Crippen LogP contribution is 2.17. The van der Waals surface area contributed by atoms with Crippen LogP contribution in [0, 0.1) is 0 Å². The van der Waals surface area contributed by atoms with Gasteiger partial charge in [0.2, 0.25) is 0 Å². The van der Waals surface area contributed by atoms with Gasteiger partial charge in [-0.25, -0.2) is 9.97 Å². The molecule has 3 aromatic rings. The first-order valence-corrected chi connectivity index (χ1v) is 6.30. The van der Waals surface area contributed by atoms with Crippen LogP contribution in [0.2, 0.25) is 0 Å². The molecule has 0 saturated heterocycles. The van der Waals surface area contributed by atoms with Crippen molar-refractivity contribution in [3.8, 4) is 0 Å². The smallest absolute Gasteiger partial charge is 0.322 e. The number of hydrogen-bond acceptors (Lipinski definition) is 4. The van der Waals surface area contributed by atoms with Crippen molar-refractivity contribution in [3.63, 3.8) is 0 Å². The average Bonchev–Trinajstić information content (AvgIpc) is 2.50. The number of carboxylic acid groups (broad SMARTS) is 1. The Hall–Kier alpha value is -3.02. The number of nitrogens with one attached hydrogen (secondary N) is 1. The molecule has 0 aliphatic carbocycles. The lowest BCUT2D eigenvalue weighted by molar-refractivity contribution is -0.135. The minimum absolute atomic E-state index is 0.355. The molecule has 1 heterocycles. The number of rotatable bonds is 3. The predicted molar refractivity (Wildman–Crippen MR) is 77.0 cm³/mol. The Morgan fingerprint density at radius 1 is 0.952 bits per heavy atom. The third-order valence-corrected chi connectivity index (χ3v) is 3.00. The summed E-state index contributed by atoms with van der Waals surface area (Å²) >= 11 is 0. The summed E-state index contributed by atoms with van der Waals surface area (Å²) in [5.41, 5.74) is 3.16. The van der Waals surface area contributed by atoms with Crippen LogP contribution in [0.5, 0.6) is 0 Å². The number of aliphatic carboxylic acids is 1. The highest BCUT2D eigenvalue weighted by Gasteiger charge is 2.09. The third-order valence-electron chi connectivity index (χ3n) is 3.00. The van der Waals surface area contributed by atoms with Crippen molar-refractivity contribution < 1.29 is 14.7 Å². The molecule has 0 aliphatic heterocycles. The van der Waals surface area contributed by atoms with E-state index in [0.717, 1.165) is 11.0 Å². The molecule has 2 aromatic carbocycles. The zero-order chi connectivity index (χ0) is 14.8. The van der Waals surface area contributed by atoms with Crippen LogP contribution in [-0.2, 0) is 4.79 Å². The summed E-state index contributed by atoms with van der Waals surface area (Å²) in [4.78, 5) is 31.2. The highest BCUT2D eigenvalue weighted by atomic mass is 16.4. The van der Waals surface area contributed by atoms with Gasteiger partial charge in [-0.3, -0.25) is 9.59 Å². The largest absolute Gasteiger partial charge is 0.480 e. The van der Waals surface area contributed by atoms with E-state index in [-0.39, 0.29) is 0 Å². The number of amides is 1. The first kappa shape index (κ1) is 13.0. The van der Waals surface area contributed by atoms with Crippen molar-refractivity contribution in [1.82, 2.24) is 15.3 Å². The molecule has 1 amide bonds. The van der Waals surface area contributed by atoms with Crippen molar-refractivity contribution in [2.24, 2.45) is 0 Å². The maximum absolute atomic E-state index is 11.8. The molecule has 6 heteroatoms. The molecule has 0 saturated carbocycles. The van der Waals surface area contributed by atoms with E-state index in [1.54, 1.807) is 18.2 Å². The predicted octanol–water partition coefficient (Wildman–Crippen LogP) is 1.60. The number of aromatic nitrogens is 2. The van der Waals surface area contributed by atoms with Gasteiger partial charge in [0.15, 0.2) is 0 Å². The lowest BCUT2D eigenvalue weighted by atomic mass is 10.1. The topological polar surface area (TPSA) is 92.2 Å².